The van der Waals surface area contributed by atoms with E-state index in [0.29, 0.717) is 34.3 Å². The fourth-order valence-corrected chi connectivity index (χ4v) is 9.16. The number of rotatable bonds is 6. The molecule has 8 aromatic carbocycles. The molecule has 302 valence electrons. The van der Waals surface area contributed by atoms with Gasteiger partial charge in [0.25, 0.3) is 0 Å². The second kappa shape index (κ2) is 15.1. The van der Waals surface area contributed by atoms with E-state index in [1.807, 2.05) is 66.7 Å². The van der Waals surface area contributed by atoms with Crippen molar-refractivity contribution in [1.82, 2.24) is 24.1 Å². The van der Waals surface area contributed by atoms with E-state index in [1.165, 1.54) is 43.8 Å². The number of hydrogen-bond donors (Lipinski definition) is 0. The molecule has 64 heavy (non-hydrogen) atoms. The first-order chi connectivity index (χ1) is 31.2. The quantitative estimate of drug-likeness (QED) is 0.157. The maximum Gasteiger partial charge on any atom is 0.200 e. The molecule has 0 aliphatic heterocycles. The molecule has 11 rings (SSSR count). The van der Waals surface area contributed by atoms with E-state index < -0.39 is 0 Å². The summed E-state index contributed by atoms with van der Waals surface area (Å²) in [7, 11) is 0. The SMILES string of the molecule is [C-]#[N+]c1cc(-n2c3ccc(C)cc3c3cc(C)ccc32)ccc1-c1nc(-c2ccccc2)nc(-c2ccc(-n3c4ccc(C)cc4c4cc(C)ccc43)cc2-c2ccc(C#N)cc2)n1. The summed E-state index contributed by atoms with van der Waals surface area (Å²) in [5.41, 5.74) is 16.1. The lowest BCUT2D eigenvalue weighted by Crippen LogP contribution is -2.02. The number of benzene rings is 8. The standard InChI is InChI=1S/C57H39N7/c1-34-11-23-51-46(27-34)47-28-35(2)12-24-52(47)63(51)41-19-21-43(45(31-41)39-17-15-38(33-58)16-18-39)56-60-55(40-9-7-6-8-10-40)61-57(62-56)44-22-20-42(32-50(44)59-5)64-53-25-13-36(3)29-48(53)49-30-37(4)14-26-54(49)64/h6-32H,1-4H3. The Labute approximate surface area is 370 Å². The number of hydrogen-bond acceptors (Lipinski definition) is 4. The Morgan fingerprint density at radius 3 is 1.38 bits per heavy atom. The van der Waals surface area contributed by atoms with E-state index in [1.54, 1.807) is 0 Å². The summed E-state index contributed by atoms with van der Waals surface area (Å²) in [5, 5.41) is 14.5. The molecule has 0 fully saturated rings. The van der Waals surface area contributed by atoms with Gasteiger partial charge in [0.1, 0.15) is 0 Å². The number of nitrogens with zero attached hydrogens (tertiary/aromatic N) is 7. The van der Waals surface area contributed by atoms with E-state index in [2.05, 4.69) is 145 Å². The fraction of sp³-hybridized carbons (Fsp3) is 0.0702. The van der Waals surface area contributed by atoms with Crippen molar-refractivity contribution in [3.8, 4) is 62.7 Å². The van der Waals surface area contributed by atoms with Crippen LogP contribution in [0.5, 0.6) is 0 Å². The summed E-state index contributed by atoms with van der Waals surface area (Å²) >= 11 is 0. The first-order valence-corrected chi connectivity index (χ1v) is 21.3. The maximum atomic E-state index is 9.74. The Kier molecular flexibility index (Phi) is 9.01. The highest BCUT2D eigenvalue weighted by atomic mass is 15.0. The number of aryl methyl sites for hydroxylation is 4. The summed E-state index contributed by atoms with van der Waals surface area (Å²) in [6.45, 7) is 17.0. The third-order valence-corrected chi connectivity index (χ3v) is 12.2. The van der Waals surface area contributed by atoms with Gasteiger partial charge in [-0.1, -0.05) is 95.1 Å². The van der Waals surface area contributed by atoms with Gasteiger partial charge in [-0.25, -0.2) is 19.8 Å². The van der Waals surface area contributed by atoms with Gasteiger partial charge in [0, 0.05) is 49.6 Å². The molecule has 0 saturated carbocycles. The summed E-state index contributed by atoms with van der Waals surface area (Å²) in [5.74, 6) is 1.37. The van der Waals surface area contributed by atoms with Crippen LogP contribution >= 0.6 is 0 Å². The van der Waals surface area contributed by atoms with Crippen LogP contribution < -0.4 is 0 Å². The van der Waals surface area contributed by atoms with Crippen LogP contribution in [0.15, 0.2) is 164 Å². The van der Waals surface area contributed by atoms with Crippen LogP contribution in [-0.2, 0) is 0 Å². The summed E-state index contributed by atoms with van der Waals surface area (Å²) in [4.78, 5) is 19.6. The Morgan fingerprint density at radius 2 is 0.891 bits per heavy atom. The van der Waals surface area contributed by atoms with Crippen LogP contribution in [-0.4, -0.2) is 24.1 Å². The Bertz CT molecular complexity index is 3670. The zero-order valence-electron chi connectivity index (χ0n) is 35.7. The van der Waals surface area contributed by atoms with E-state index in [-0.39, 0.29) is 0 Å². The van der Waals surface area contributed by atoms with Gasteiger partial charge in [-0.3, -0.25) is 0 Å². The van der Waals surface area contributed by atoms with Crippen molar-refractivity contribution < 1.29 is 0 Å². The van der Waals surface area contributed by atoms with Gasteiger partial charge in [0.15, 0.2) is 23.2 Å². The van der Waals surface area contributed by atoms with Gasteiger partial charge in [-0.05, 0) is 130 Å². The van der Waals surface area contributed by atoms with Crippen molar-refractivity contribution in [1.29, 1.82) is 5.26 Å². The van der Waals surface area contributed by atoms with Gasteiger partial charge in [0.05, 0.1) is 40.3 Å². The molecule has 0 spiro atoms. The molecule has 0 amide bonds. The number of nitriles is 1. The third kappa shape index (κ3) is 6.38. The lowest BCUT2D eigenvalue weighted by atomic mass is 9.97. The molecule has 0 N–H and O–H groups in total. The lowest BCUT2D eigenvalue weighted by molar-refractivity contribution is 1.07. The molecule has 0 atom stereocenters. The maximum absolute atomic E-state index is 9.74. The van der Waals surface area contributed by atoms with Crippen LogP contribution in [0.25, 0.3) is 105 Å². The van der Waals surface area contributed by atoms with E-state index in [0.717, 1.165) is 55.7 Å². The molecule has 0 unspecified atom stereocenters. The topological polar surface area (TPSA) is 76.7 Å². The molecule has 11 aromatic rings. The zero-order chi connectivity index (χ0) is 43.6. The molecular weight excluding hydrogens is 783 g/mol. The van der Waals surface area contributed by atoms with Gasteiger partial charge >= 0.3 is 0 Å². The Morgan fingerprint density at radius 1 is 0.438 bits per heavy atom. The van der Waals surface area contributed by atoms with Crippen molar-refractivity contribution in [3.63, 3.8) is 0 Å². The average Bonchev–Trinajstić information content (AvgIpc) is 3.82. The van der Waals surface area contributed by atoms with Crippen molar-refractivity contribution >= 4 is 49.3 Å². The molecule has 0 saturated heterocycles. The van der Waals surface area contributed by atoms with Gasteiger partial charge in [-0.2, -0.15) is 5.26 Å². The van der Waals surface area contributed by atoms with Crippen molar-refractivity contribution in [2.24, 2.45) is 0 Å². The lowest BCUT2D eigenvalue weighted by Gasteiger charge is -2.16. The Hall–Kier alpha value is -8.65. The third-order valence-electron chi connectivity index (χ3n) is 12.2. The minimum atomic E-state index is 0.401. The summed E-state index contributed by atoms with van der Waals surface area (Å²) < 4.78 is 4.55. The van der Waals surface area contributed by atoms with Gasteiger partial charge in [-0.15, -0.1) is 0 Å². The largest absolute Gasteiger partial charge is 0.311 e. The smallest absolute Gasteiger partial charge is 0.200 e. The molecule has 7 nitrogen and oxygen atoms in total. The predicted octanol–water partition coefficient (Wildman–Crippen LogP) is 14.4. The number of aromatic nitrogens is 5. The minimum Gasteiger partial charge on any atom is -0.311 e. The van der Waals surface area contributed by atoms with Crippen LogP contribution in [0.4, 0.5) is 5.69 Å². The molecule has 3 aromatic heterocycles. The highest BCUT2D eigenvalue weighted by Gasteiger charge is 2.21. The van der Waals surface area contributed by atoms with Crippen LogP contribution in [0.3, 0.4) is 0 Å². The van der Waals surface area contributed by atoms with Gasteiger partial charge in [0.2, 0.25) is 0 Å². The van der Waals surface area contributed by atoms with E-state index in [9.17, 15) is 5.26 Å². The van der Waals surface area contributed by atoms with Crippen LogP contribution in [0, 0.1) is 45.6 Å². The first-order valence-electron chi connectivity index (χ1n) is 21.3. The second-order valence-corrected chi connectivity index (χ2v) is 16.7. The highest BCUT2D eigenvalue weighted by Crippen LogP contribution is 2.41. The van der Waals surface area contributed by atoms with E-state index in [4.69, 9.17) is 21.5 Å². The predicted molar refractivity (Wildman–Crippen MR) is 260 cm³/mol. The zero-order valence-corrected chi connectivity index (χ0v) is 35.7. The van der Waals surface area contributed by atoms with Crippen LogP contribution in [0.1, 0.15) is 27.8 Å². The minimum absolute atomic E-state index is 0.401. The van der Waals surface area contributed by atoms with Crippen molar-refractivity contribution in [2.45, 2.75) is 27.7 Å². The summed E-state index contributed by atoms with van der Waals surface area (Å²) in [6.07, 6.45) is 0. The normalized spacial score (nSPS) is 11.4. The van der Waals surface area contributed by atoms with Gasteiger partial charge < -0.3 is 9.13 Å². The van der Waals surface area contributed by atoms with E-state index >= 15 is 0 Å². The second-order valence-electron chi connectivity index (χ2n) is 16.7. The monoisotopic (exact) mass is 821 g/mol. The van der Waals surface area contributed by atoms with Crippen LogP contribution in [0.2, 0.25) is 0 Å². The number of fused-ring (bicyclic) bond motifs is 6. The van der Waals surface area contributed by atoms with Crippen molar-refractivity contribution in [3.05, 3.63) is 203 Å². The average molecular weight is 822 g/mol. The molecule has 0 aliphatic rings. The Balaban J connectivity index is 1.12. The summed E-state index contributed by atoms with van der Waals surface area (Å²) in [6, 6.07) is 58.5. The molecule has 0 aliphatic carbocycles. The first kappa shape index (κ1) is 38.3. The molecular formula is C57H39N7. The fourth-order valence-electron chi connectivity index (χ4n) is 9.16. The van der Waals surface area contributed by atoms with Crippen molar-refractivity contribution in [2.75, 3.05) is 0 Å². The molecule has 0 bridgehead atoms. The molecule has 3 heterocycles. The molecule has 7 heteroatoms. The molecule has 0 radical (unpaired) electrons. The highest BCUT2D eigenvalue weighted by molar-refractivity contribution is 6.11.